The maximum Gasteiger partial charge on any atom is 0.304 e. The molecule has 0 radical (unpaired) electrons. The van der Waals surface area contributed by atoms with Gasteiger partial charge in [0.1, 0.15) is 12.6 Å². The van der Waals surface area contributed by atoms with Gasteiger partial charge in [-0.3, -0.25) is 9.59 Å². The Morgan fingerprint density at radius 3 is 2.12 bits per heavy atom. The molecule has 2 aromatic rings. The average Bonchev–Trinajstić information content (AvgIpc) is 2.83. The zero-order valence-corrected chi connectivity index (χ0v) is 21.3. The van der Waals surface area contributed by atoms with E-state index in [9.17, 15) is 18.0 Å². The molecule has 1 atom stereocenters. The van der Waals surface area contributed by atoms with Crippen molar-refractivity contribution < 1.29 is 18.0 Å². The van der Waals surface area contributed by atoms with E-state index in [4.69, 9.17) is 0 Å². The number of para-hydroxylation sites is 1. The molecule has 0 aliphatic heterocycles. The van der Waals surface area contributed by atoms with Crippen LogP contribution in [-0.2, 0) is 26.2 Å². The van der Waals surface area contributed by atoms with Crippen molar-refractivity contribution in [2.75, 3.05) is 38.0 Å². The highest BCUT2D eigenvalue weighted by Gasteiger charge is 2.32. The third kappa shape index (κ3) is 7.56. The zero-order chi connectivity index (χ0) is 25.1. The molecule has 0 heterocycles. The molecule has 0 saturated carbocycles. The lowest BCUT2D eigenvalue weighted by Crippen LogP contribution is -2.53. The lowest BCUT2D eigenvalue weighted by Gasteiger charge is -2.32. The summed E-state index contributed by atoms with van der Waals surface area (Å²) in [5.74, 6) is -0.694. The van der Waals surface area contributed by atoms with Crippen LogP contribution in [0.25, 0.3) is 0 Å². The molecular formula is C25H36N4O4S. The minimum Gasteiger partial charge on any atom is -0.354 e. The van der Waals surface area contributed by atoms with Crippen molar-refractivity contribution in [1.82, 2.24) is 14.5 Å². The summed E-state index contributed by atoms with van der Waals surface area (Å²) in [5.41, 5.74) is 1.41. The summed E-state index contributed by atoms with van der Waals surface area (Å²) in [5, 5.41) is 2.88. The first-order chi connectivity index (χ1) is 16.2. The number of benzene rings is 2. The molecule has 0 fully saturated rings. The Kier molecular flexibility index (Phi) is 10.5. The van der Waals surface area contributed by atoms with E-state index in [1.54, 1.807) is 37.3 Å². The molecule has 0 unspecified atom stereocenters. The summed E-state index contributed by atoms with van der Waals surface area (Å²) in [4.78, 5) is 27.8. The van der Waals surface area contributed by atoms with Crippen LogP contribution in [0.15, 0.2) is 60.7 Å². The van der Waals surface area contributed by atoms with Gasteiger partial charge in [-0.1, -0.05) is 61.9 Å². The van der Waals surface area contributed by atoms with Gasteiger partial charge in [0.05, 0.1) is 5.69 Å². The van der Waals surface area contributed by atoms with E-state index in [1.165, 1.54) is 19.0 Å². The highest BCUT2D eigenvalue weighted by molar-refractivity contribution is 7.90. The molecule has 186 valence electrons. The van der Waals surface area contributed by atoms with Gasteiger partial charge in [0, 0.05) is 27.2 Å². The molecule has 34 heavy (non-hydrogen) atoms. The van der Waals surface area contributed by atoms with Crippen LogP contribution in [-0.4, -0.2) is 69.2 Å². The SMILES string of the molecule is CCCCNC(=O)[C@@H](C)N(CCc1ccccc1)C(=O)CN(c1ccccc1)S(=O)(=O)N(C)C. The van der Waals surface area contributed by atoms with Gasteiger partial charge in [-0.15, -0.1) is 0 Å². The van der Waals surface area contributed by atoms with E-state index in [-0.39, 0.29) is 12.5 Å². The molecule has 0 aliphatic rings. The highest BCUT2D eigenvalue weighted by atomic mass is 32.2. The minimum absolute atomic E-state index is 0.253. The normalized spacial score (nSPS) is 12.3. The third-order valence-electron chi connectivity index (χ3n) is 5.54. The summed E-state index contributed by atoms with van der Waals surface area (Å²) in [6, 6.07) is 17.4. The number of hydrogen-bond acceptors (Lipinski definition) is 4. The molecule has 9 heteroatoms. The molecule has 0 aromatic heterocycles. The van der Waals surface area contributed by atoms with Gasteiger partial charge in [-0.25, -0.2) is 4.31 Å². The first-order valence-corrected chi connectivity index (χ1v) is 12.9. The van der Waals surface area contributed by atoms with Gasteiger partial charge >= 0.3 is 10.2 Å². The van der Waals surface area contributed by atoms with Crippen LogP contribution in [0.1, 0.15) is 32.3 Å². The van der Waals surface area contributed by atoms with Gasteiger partial charge in [0.25, 0.3) is 0 Å². The molecule has 0 bridgehead atoms. The van der Waals surface area contributed by atoms with Gasteiger partial charge in [-0.2, -0.15) is 12.7 Å². The van der Waals surface area contributed by atoms with Crippen molar-refractivity contribution in [3.8, 4) is 0 Å². The second-order valence-corrected chi connectivity index (χ2v) is 10.3. The predicted molar refractivity (Wildman–Crippen MR) is 136 cm³/mol. The Labute approximate surface area is 203 Å². The van der Waals surface area contributed by atoms with Crippen LogP contribution in [0.3, 0.4) is 0 Å². The van der Waals surface area contributed by atoms with Crippen LogP contribution in [0.5, 0.6) is 0 Å². The largest absolute Gasteiger partial charge is 0.354 e. The van der Waals surface area contributed by atoms with Crippen LogP contribution in [0.2, 0.25) is 0 Å². The van der Waals surface area contributed by atoms with Crippen molar-refractivity contribution in [2.24, 2.45) is 0 Å². The van der Waals surface area contributed by atoms with Crippen LogP contribution < -0.4 is 9.62 Å². The van der Waals surface area contributed by atoms with Crippen molar-refractivity contribution in [3.05, 3.63) is 66.2 Å². The van der Waals surface area contributed by atoms with Crippen molar-refractivity contribution in [1.29, 1.82) is 0 Å². The second kappa shape index (κ2) is 13.1. The number of nitrogens with one attached hydrogen (secondary N) is 1. The lowest BCUT2D eigenvalue weighted by molar-refractivity contribution is -0.138. The van der Waals surface area contributed by atoms with Crippen LogP contribution in [0, 0.1) is 0 Å². The zero-order valence-electron chi connectivity index (χ0n) is 20.5. The number of anilines is 1. The number of hydrogen-bond donors (Lipinski definition) is 1. The van der Waals surface area contributed by atoms with Gasteiger partial charge in [0.2, 0.25) is 11.8 Å². The summed E-state index contributed by atoms with van der Waals surface area (Å²) < 4.78 is 28.2. The molecule has 2 amide bonds. The van der Waals surface area contributed by atoms with Crippen LogP contribution in [0.4, 0.5) is 5.69 Å². The number of amides is 2. The van der Waals surface area contributed by atoms with Crippen molar-refractivity contribution in [2.45, 2.75) is 39.2 Å². The van der Waals surface area contributed by atoms with E-state index in [0.717, 1.165) is 27.0 Å². The smallest absolute Gasteiger partial charge is 0.304 e. The quantitative estimate of drug-likeness (QED) is 0.439. The number of carbonyl (C=O) groups is 2. The summed E-state index contributed by atoms with van der Waals surface area (Å²) >= 11 is 0. The Morgan fingerprint density at radius 1 is 0.971 bits per heavy atom. The summed E-state index contributed by atoms with van der Waals surface area (Å²) in [7, 11) is -1.09. The predicted octanol–water partition coefficient (Wildman–Crippen LogP) is 2.68. The Bertz CT molecular complexity index is 1010. The van der Waals surface area contributed by atoms with Crippen LogP contribution >= 0.6 is 0 Å². The van der Waals surface area contributed by atoms with Gasteiger partial charge in [-0.05, 0) is 37.5 Å². The number of nitrogens with zero attached hydrogens (tertiary/aromatic N) is 3. The van der Waals surface area contributed by atoms with Crippen molar-refractivity contribution in [3.63, 3.8) is 0 Å². The number of carbonyl (C=O) groups excluding carboxylic acids is 2. The van der Waals surface area contributed by atoms with E-state index in [0.29, 0.717) is 18.7 Å². The Hall–Kier alpha value is -2.91. The monoisotopic (exact) mass is 488 g/mol. The summed E-state index contributed by atoms with van der Waals surface area (Å²) in [6.07, 6.45) is 2.34. The van der Waals surface area contributed by atoms with E-state index in [1.807, 2.05) is 37.3 Å². The maximum absolute atomic E-state index is 13.5. The van der Waals surface area contributed by atoms with E-state index in [2.05, 4.69) is 5.32 Å². The first kappa shape index (κ1) is 27.3. The standard InChI is InChI=1S/C25H36N4O4S/c1-5-6-18-26-25(31)21(2)28(19-17-22-13-9-7-10-14-22)24(30)20-29(34(32,33)27(3)4)23-15-11-8-12-16-23/h7-16,21H,5-6,17-20H2,1-4H3,(H,26,31)/t21-/m1/s1. The fraction of sp³-hybridized carbons (Fsp3) is 0.440. The minimum atomic E-state index is -3.93. The van der Waals surface area contributed by atoms with Crippen molar-refractivity contribution >= 4 is 27.7 Å². The molecule has 0 saturated heterocycles. The topological polar surface area (TPSA) is 90.0 Å². The fourth-order valence-corrected chi connectivity index (χ4v) is 4.47. The maximum atomic E-state index is 13.5. The third-order valence-corrected chi connectivity index (χ3v) is 7.36. The summed E-state index contributed by atoms with van der Waals surface area (Å²) in [6.45, 7) is 4.12. The van der Waals surface area contributed by atoms with Gasteiger partial charge < -0.3 is 10.2 Å². The fourth-order valence-electron chi connectivity index (χ4n) is 3.42. The van der Waals surface area contributed by atoms with E-state index < -0.39 is 28.7 Å². The Balaban J connectivity index is 2.30. The molecule has 2 aromatic carbocycles. The van der Waals surface area contributed by atoms with E-state index >= 15 is 0 Å². The molecule has 8 nitrogen and oxygen atoms in total. The number of rotatable bonds is 13. The first-order valence-electron chi connectivity index (χ1n) is 11.5. The van der Waals surface area contributed by atoms with Gasteiger partial charge in [0.15, 0.2) is 0 Å². The lowest BCUT2D eigenvalue weighted by atomic mass is 10.1. The average molecular weight is 489 g/mol. The Morgan fingerprint density at radius 2 is 1.56 bits per heavy atom. The molecule has 1 N–H and O–H groups in total. The molecule has 0 spiro atoms. The molecule has 2 rings (SSSR count). The highest BCUT2D eigenvalue weighted by Crippen LogP contribution is 2.20. The number of unbranched alkanes of at least 4 members (excludes halogenated alkanes) is 1. The molecule has 0 aliphatic carbocycles. The second-order valence-electron chi connectivity index (χ2n) is 8.28. The molecular weight excluding hydrogens is 452 g/mol.